The van der Waals surface area contributed by atoms with Crippen LogP contribution in [0.3, 0.4) is 0 Å². The monoisotopic (exact) mass is 453 g/mol. The average Bonchev–Trinajstić information content (AvgIpc) is 3.37. The van der Waals surface area contributed by atoms with E-state index in [1.54, 1.807) is 18.3 Å². The number of pyridine rings is 1. The van der Waals surface area contributed by atoms with Crippen LogP contribution in [-0.2, 0) is 20.9 Å². The molecule has 2 aromatic heterocycles. The van der Waals surface area contributed by atoms with E-state index in [-0.39, 0.29) is 25.5 Å². The van der Waals surface area contributed by atoms with Crippen molar-refractivity contribution in [2.24, 2.45) is 5.92 Å². The number of hydrogen-bond acceptors (Lipinski definition) is 6. The van der Waals surface area contributed by atoms with Crippen LogP contribution in [0.5, 0.6) is 11.5 Å². The zero-order valence-electron chi connectivity index (χ0n) is 17.5. The molecule has 1 amide bonds. The van der Waals surface area contributed by atoms with E-state index in [9.17, 15) is 14.9 Å². The second-order valence-electron chi connectivity index (χ2n) is 7.31. The average molecular weight is 454 g/mol. The van der Waals surface area contributed by atoms with Crippen LogP contribution in [0.25, 0.3) is 5.52 Å². The molecule has 0 saturated carbocycles. The van der Waals surface area contributed by atoms with Gasteiger partial charge in [0.15, 0.2) is 0 Å². The first-order valence-electron chi connectivity index (χ1n) is 9.84. The minimum Gasteiger partial charge on any atom is -0.495 e. The number of anilines is 1. The van der Waals surface area contributed by atoms with Crippen LogP contribution in [0.2, 0.25) is 5.02 Å². The predicted molar refractivity (Wildman–Crippen MR) is 117 cm³/mol. The molecule has 1 fully saturated rings. The number of halogens is 1. The van der Waals surface area contributed by atoms with Crippen LogP contribution < -0.4 is 14.4 Å². The summed E-state index contributed by atoms with van der Waals surface area (Å²) >= 11 is 6.22. The maximum atomic E-state index is 12.7. The summed E-state index contributed by atoms with van der Waals surface area (Å²) in [5.74, 6) is -0.552. The number of nitriles is 1. The van der Waals surface area contributed by atoms with Gasteiger partial charge < -0.3 is 23.5 Å². The van der Waals surface area contributed by atoms with Crippen LogP contribution >= 0.6 is 11.6 Å². The number of carbonyl (C=O) groups excluding carboxylic acids is 2. The van der Waals surface area contributed by atoms with Gasteiger partial charge in [0, 0.05) is 37.0 Å². The number of carbonyl (C=O) groups is 2. The van der Waals surface area contributed by atoms with Gasteiger partial charge in [-0.3, -0.25) is 9.59 Å². The largest absolute Gasteiger partial charge is 0.495 e. The van der Waals surface area contributed by atoms with Crippen LogP contribution in [0.1, 0.15) is 17.5 Å². The number of benzene rings is 1. The minimum absolute atomic E-state index is 0.00841. The standard InChI is InChI=1S/C23H20ClN3O5/c1-30-20-9-21(31-2)19(8-17(20)24)27-12-14(7-22(27)28)23(29)32-13-15-11-26-6-4-3-5-18(26)16(15)10-25/h3-6,8-9,11,14H,7,12-13H2,1-2H3. The number of rotatable bonds is 6. The third-order valence-electron chi connectivity index (χ3n) is 5.45. The first-order valence-corrected chi connectivity index (χ1v) is 10.2. The molecule has 1 atom stereocenters. The fraction of sp³-hybridized carbons (Fsp3) is 0.261. The van der Waals surface area contributed by atoms with E-state index in [2.05, 4.69) is 6.07 Å². The van der Waals surface area contributed by atoms with Gasteiger partial charge in [-0.2, -0.15) is 5.26 Å². The number of methoxy groups -OCH3 is 2. The number of esters is 1. The Balaban J connectivity index is 1.49. The summed E-state index contributed by atoms with van der Waals surface area (Å²) in [5, 5.41) is 9.83. The van der Waals surface area contributed by atoms with Crippen molar-refractivity contribution in [1.29, 1.82) is 5.26 Å². The summed E-state index contributed by atoms with van der Waals surface area (Å²) in [6.45, 7) is 0.0886. The van der Waals surface area contributed by atoms with Gasteiger partial charge in [-0.15, -0.1) is 0 Å². The molecule has 1 aromatic carbocycles. The van der Waals surface area contributed by atoms with Crippen LogP contribution in [0, 0.1) is 17.2 Å². The molecule has 1 aliphatic rings. The first-order chi connectivity index (χ1) is 15.5. The molecule has 1 unspecified atom stereocenters. The Morgan fingerprint density at radius 3 is 2.75 bits per heavy atom. The number of aromatic nitrogens is 1. The summed E-state index contributed by atoms with van der Waals surface area (Å²) in [6, 6.07) is 10.9. The van der Waals surface area contributed by atoms with Crippen molar-refractivity contribution in [3.05, 3.63) is 58.9 Å². The molecule has 3 heterocycles. The van der Waals surface area contributed by atoms with E-state index in [0.29, 0.717) is 33.3 Å². The molecule has 9 heteroatoms. The summed E-state index contributed by atoms with van der Waals surface area (Å²) < 4.78 is 17.9. The van der Waals surface area contributed by atoms with Crippen LogP contribution in [-0.4, -0.2) is 37.0 Å². The van der Waals surface area contributed by atoms with Gasteiger partial charge in [-0.25, -0.2) is 0 Å². The first kappa shape index (κ1) is 21.5. The molecule has 0 bridgehead atoms. The lowest BCUT2D eigenvalue weighted by molar-refractivity contribution is -0.149. The van der Waals surface area contributed by atoms with Gasteiger partial charge >= 0.3 is 5.97 Å². The number of hydrogen-bond donors (Lipinski definition) is 0. The van der Waals surface area contributed by atoms with Gasteiger partial charge in [-0.1, -0.05) is 17.7 Å². The van der Waals surface area contributed by atoms with Crippen LogP contribution in [0.15, 0.2) is 42.7 Å². The van der Waals surface area contributed by atoms with E-state index >= 15 is 0 Å². The SMILES string of the molecule is COc1cc(OC)c(N2CC(C(=O)OCc3cn4ccccc4c3C#N)CC2=O)cc1Cl. The predicted octanol–water partition coefficient (Wildman–Crippen LogP) is 3.58. The molecule has 3 aromatic rings. The van der Waals surface area contributed by atoms with Crippen molar-refractivity contribution in [2.45, 2.75) is 13.0 Å². The van der Waals surface area contributed by atoms with Gasteiger partial charge in [0.05, 0.1) is 41.9 Å². The van der Waals surface area contributed by atoms with E-state index in [0.717, 1.165) is 5.52 Å². The molecule has 1 saturated heterocycles. The van der Waals surface area contributed by atoms with E-state index in [1.165, 1.54) is 19.1 Å². The third-order valence-corrected chi connectivity index (χ3v) is 5.74. The highest BCUT2D eigenvalue weighted by molar-refractivity contribution is 6.32. The van der Waals surface area contributed by atoms with Crippen molar-refractivity contribution in [1.82, 2.24) is 4.40 Å². The van der Waals surface area contributed by atoms with Crippen molar-refractivity contribution < 1.29 is 23.8 Å². The minimum atomic E-state index is -0.643. The van der Waals surface area contributed by atoms with Gasteiger partial charge in [0.25, 0.3) is 0 Å². The van der Waals surface area contributed by atoms with Crippen LogP contribution in [0.4, 0.5) is 5.69 Å². The maximum Gasteiger partial charge on any atom is 0.311 e. The molecular weight excluding hydrogens is 434 g/mol. The fourth-order valence-corrected chi connectivity index (χ4v) is 4.07. The smallest absolute Gasteiger partial charge is 0.311 e. The second kappa shape index (κ2) is 8.81. The van der Waals surface area contributed by atoms with Gasteiger partial charge in [-0.05, 0) is 18.2 Å². The lowest BCUT2D eigenvalue weighted by atomic mass is 10.1. The summed E-state index contributed by atoms with van der Waals surface area (Å²) in [5.41, 5.74) is 2.27. The zero-order chi connectivity index (χ0) is 22.8. The Labute approximate surface area is 189 Å². The van der Waals surface area contributed by atoms with Crippen molar-refractivity contribution in [3.63, 3.8) is 0 Å². The number of ether oxygens (including phenoxy) is 3. The second-order valence-corrected chi connectivity index (χ2v) is 7.71. The Bertz CT molecular complexity index is 1250. The Morgan fingerprint density at radius 1 is 1.25 bits per heavy atom. The van der Waals surface area contributed by atoms with Crippen molar-refractivity contribution in [3.8, 4) is 17.6 Å². The van der Waals surface area contributed by atoms with Crippen molar-refractivity contribution >= 4 is 34.7 Å². The fourth-order valence-electron chi connectivity index (χ4n) is 3.84. The van der Waals surface area contributed by atoms with E-state index < -0.39 is 11.9 Å². The zero-order valence-corrected chi connectivity index (χ0v) is 18.3. The lowest BCUT2D eigenvalue weighted by Gasteiger charge is -2.20. The molecule has 0 radical (unpaired) electrons. The molecule has 0 aliphatic carbocycles. The Kier molecular flexibility index (Phi) is 5.93. The highest BCUT2D eigenvalue weighted by Gasteiger charge is 2.37. The number of amides is 1. The summed E-state index contributed by atoms with van der Waals surface area (Å²) in [4.78, 5) is 26.8. The lowest BCUT2D eigenvalue weighted by Crippen LogP contribution is -2.27. The van der Waals surface area contributed by atoms with Gasteiger partial charge in [0.2, 0.25) is 5.91 Å². The summed E-state index contributed by atoms with van der Waals surface area (Å²) in [7, 11) is 2.96. The van der Waals surface area contributed by atoms with Gasteiger partial charge in [0.1, 0.15) is 24.2 Å². The molecule has 32 heavy (non-hydrogen) atoms. The number of fused-ring (bicyclic) bond motifs is 1. The highest BCUT2D eigenvalue weighted by Crippen LogP contribution is 2.40. The molecule has 8 nitrogen and oxygen atoms in total. The summed E-state index contributed by atoms with van der Waals surface area (Å²) in [6.07, 6.45) is 3.59. The maximum absolute atomic E-state index is 12.7. The quantitative estimate of drug-likeness (QED) is 0.529. The van der Waals surface area contributed by atoms with E-state index in [4.69, 9.17) is 25.8 Å². The molecule has 164 valence electrons. The molecular formula is C23H20ClN3O5. The highest BCUT2D eigenvalue weighted by atomic mass is 35.5. The number of nitrogens with zero attached hydrogens (tertiary/aromatic N) is 3. The normalized spacial score (nSPS) is 15.6. The molecule has 0 N–H and O–H groups in total. The Morgan fingerprint density at radius 2 is 2.03 bits per heavy atom. The third kappa shape index (κ3) is 3.83. The molecule has 4 rings (SSSR count). The topological polar surface area (TPSA) is 93.3 Å². The van der Waals surface area contributed by atoms with Crippen molar-refractivity contribution in [2.75, 3.05) is 25.7 Å². The Hall–Kier alpha value is -3.70. The molecule has 0 spiro atoms. The molecule has 1 aliphatic heterocycles. The van der Waals surface area contributed by atoms with E-state index in [1.807, 2.05) is 28.8 Å².